The Bertz CT molecular complexity index is 2750. The minimum Gasteiger partial charge on any atom is -0.379 e. The zero-order chi connectivity index (χ0) is 47.6. The molecule has 6 heterocycles. The molecular weight excluding hydrogens is 872 g/mol. The quantitative estimate of drug-likeness (QED) is 0.0847. The number of piperidine rings is 1. The van der Waals surface area contributed by atoms with Crippen LogP contribution < -0.4 is 15.5 Å². The molecule has 3 saturated heterocycles. The third kappa shape index (κ3) is 10.1. The highest BCUT2D eigenvalue weighted by molar-refractivity contribution is 5.78. The van der Waals surface area contributed by atoms with E-state index in [0.717, 1.165) is 103 Å². The standard InChI is InChI=1S/C52H62F3N9O4/c1-5-7-37(2)58(3)30-41-25-44(15-12-40(41)32-65)62-22-20-61(21-23-62)43-13-10-38(11-14-43)33-68-46-16-18-60(19-17-46)28-39-24-47(52(53,54)55)48-31-63(50(66)64(48)29-39)45-9-6-8-42(26-45)51(34-67-35-51)27-49-57-56-36-59(49)4/h6,8-15,24-26,29,31-32,36-37,46H,5,7,16-23,27-28,30,33-35H2,1-4H3. The first-order chi connectivity index (χ1) is 32.8. The number of nitrogens with zero attached hydrogens (tertiary/aromatic N) is 9. The van der Waals surface area contributed by atoms with Gasteiger partial charge in [-0.05, 0) is 104 Å². The van der Waals surface area contributed by atoms with E-state index in [4.69, 9.17) is 9.47 Å². The van der Waals surface area contributed by atoms with Crippen molar-refractivity contribution in [3.63, 3.8) is 0 Å². The zero-order valence-electron chi connectivity index (χ0n) is 39.5. The first kappa shape index (κ1) is 47.3. The van der Waals surface area contributed by atoms with E-state index in [0.29, 0.717) is 56.6 Å². The first-order valence-corrected chi connectivity index (χ1v) is 23.9. The second kappa shape index (κ2) is 20.0. The second-order valence-electron chi connectivity index (χ2n) is 19.1. The monoisotopic (exact) mass is 933 g/mol. The van der Waals surface area contributed by atoms with Crippen LogP contribution in [0.1, 0.15) is 83.5 Å². The van der Waals surface area contributed by atoms with Crippen LogP contribution in [-0.4, -0.2) is 111 Å². The fourth-order valence-corrected chi connectivity index (χ4v) is 10.1. The van der Waals surface area contributed by atoms with Crippen molar-refractivity contribution in [1.29, 1.82) is 0 Å². The lowest BCUT2D eigenvalue weighted by Crippen LogP contribution is -2.49. The molecule has 0 amide bonds. The molecule has 3 fully saturated rings. The third-order valence-corrected chi connectivity index (χ3v) is 14.4. The van der Waals surface area contributed by atoms with Crippen LogP contribution in [0.15, 0.2) is 96.3 Å². The number of halogens is 3. The van der Waals surface area contributed by atoms with Gasteiger partial charge in [-0.1, -0.05) is 37.6 Å². The van der Waals surface area contributed by atoms with Gasteiger partial charge in [0.05, 0.1) is 42.7 Å². The van der Waals surface area contributed by atoms with Crippen molar-refractivity contribution in [3.05, 3.63) is 141 Å². The maximum atomic E-state index is 14.7. The summed E-state index contributed by atoms with van der Waals surface area (Å²) in [6.45, 7) is 11.7. The number of anilines is 2. The lowest BCUT2D eigenvalue weighted by molar-refractivity contribution is -0.136. The van der Waals surface area contributed by atoms with Crippen LogP contribution in [0.4, 0.5) is 24.5 Å². The molecule has 0 saturated carbocycles. The van der Waals surface area contributed by atoms with Crippen molar-refractivity contribution in [1.82, 2.24) is 33.5 Å². The molecule has 3 aliphatic rings. The topological polar surface area (TPSA) is 106 Å². The van der Waals surface area contributed by atoms with Crippen molar-refractivity contribution in [2.24, 2.45) is 7.05 Å². The Kier molecular flexibility index (Phi) is 13.9. The molecule has 3 aliphatic heterocycles. The molecule has 3 aromatic carbocycles. The van der Waals surface area contributed by atoms with Gasteiger partial charge in [-0.3, -0.25) is 23.6 Å². The van der Waals surface area contributed by atoms with Crippen molar-refractivity contribution in [2.45, 2.75) is 89.4 Å². The average molecular weight is 934 g/mol. The maximum absolute atomic E-state index is 14.7. The molecule has 16 heteroatoms. The van der Waals surface area contributed by atoms with E-state index < -0.39 is 22.8 Å². The van der Waals surface area contributed by atoms with Crippen LogP contribution in [0.3, 0.4) is 0 Å². The predicted octanol–water partition coefficient (Wildman–Crippen LogP) is 7.69. The van der Waals surface area contributed by atoms with Gasteiger partial charge >= 0.3 is 11.9 Å². The van der Waals surface area contributed by atoms with E-state index in [-0.39, 0.29) is 18.2 Å². The Morgan fingerprint density at radius 3 is 2.28 bits per heavy atom. The van der Waals surface area contributed by atoms with E-state index in [9.17, 15) is 22.8 Å². The summed E-state index contributed by atoms with van der Waals surface area (Å²) in [5.41, 5.74) is 5.07. The fraction of sp³-hybridized carbons (Fsp3) is 0.462. The molecule has 0 aliphatic carbocycles. The third-order valence-electron chi connectivity index (χ3n) is 14.4. The van der Waals surface area contributed by atoms with Gasteiger partial charge in [-0.2, -0.15) is 13.2 Å². The molecule has 0 N–H and O–H groups in total. The van der Waals surface area contributed by atoms with Gasteiger partial charge in [0.15, 0.2) is 0 Å². The number of carbonyl (C=O) groups is 1. The highest BCUT2D eigenvalue weighted by atomic mass is 19.4. The Labute approximate surface area is 395 Å². The number of hydrogen-bond acceptors (Lipinski definition) is 10. The van der Waals surface area contributed by atoms with Gasteiger partial charge < -0.3 is 23.8 Å². The number of rotatable bonds is 17. The van der Waals surface area contributed by atoms with Crippen LogP contribution in [0, 0.1) is 0 Å². The fourth-order valence-electron chi connectivity index (χ4n) is 10.1. The largest absolute Gasteiger partial charge is 0.418 e. The molecular formula is C52H62F3N9O4. The molecule has 1 unspecified atom stereocenters. The molecule has 1 atom stereocenters. The summed E-state index contributed by atoms with van der Waals surface area (Å²) in [4.78, 5) is 35.1. The van der Waals surface area contributed by atoms with Crippen molar-refractivity contribution < 1.29 is 27.4 Å². The number of pyridine rings is 1. The summed E-state index contributed by atoms with van der Waals surface area (Å²) in [6.07, 6.45) is 5.14. The summed E-state index contributed by atoms with van der Waals surface area (Å²) >= 11 is 0. The normalized spacial score (nSPS) is 17.5. The Balaban J connectivity index is 0.782. The number of carbonyl (C=O) groups excluding carboxylic acids is 1. The molecule has 0 spiro atoms. The summed E-state index contributed by atoms with van der Waals surface area (Å²) in [5, 5.41) is 8.25. The van der Waals surface area contributed by atoms with E-state index in [1.165, 1.54) is 22.5 Å². The van der Waals surface area contributed by atoms with Crippen LogP contribution in [-0.2, 0) is 54.2 Å². The van der Waals surface area contributed by atoms with Gasteiger partial charge in [0.1, 0.15) is 18.4 Å². The molecule has 9 rings (SSSR count). The van der Waals surface area contributed by atoms with Gasteiger partial charge in [0.25, 0.3) is 0 Å². The van der Waals surface area contributed by atoms with Crippen LogP contribution >= 0.6 is 0 Å². The minimum atomic E-state index is -4.67. The SMILES string of the molecule is CCCC(C)N(C)Cc1cc(N2CCN(c3ccc(COC4CCN(Cc5cc(C(F)(F)F)c6cn(-c7cccc(C8(Cc9nncn9C)COC8)c7)c(=O)n6c5)CC4)cc3)CC2)ccc1C=O. The van der Waals surface area contributed by atoms with Crippen molar-refractivity contribution >= 4 is 23.2 Å². The Morgan fingerprint density at radius 1 is 0.912 bits per heavy atom. The first-order valence-electron chi connectivity index (χ1n) is 23.9. The van der Waals surface area contributed by atoms with E-state index in [2.05, 4.69) is 87.1 Å². The molecule has 0 radical (unpaired) electrons. The lowest BCUT2D eigenvalue weighted by Gasteiger charge is -2.41. The predicted molar refractivity (Wildman–Crippen MR) is 257 cm³/mol. The number of benzene rings is 3. The number of imidazole rings is 1. The molecule has 0 bridgehead atoms. The van der Waals surface area contributed by atoms with Crippen LogP contribution in [0.25, 0.3) is 11.2 Å². The summed E-state index contributed by atoms with van der Waals surface area (Å²) in [6, 6.07) is 23.8. The van der Waals surface area contributed by atoms with E-state index in [1.54, 1.807) is 18.6 Å². The highest BCUT2D eigenvalue weighted by Gasteiger charge is 2.42. The zero-order valence-corrected chi connectivity index (χ0v) is 39.5. The van der Waals surface area contributed by atoms with Gasteiger partial charge in [0.2, 0.25) is 0 Å². The van der Waals surface area contributed by atoms with Crippen molar-refractivity contribution in [2.75, 3.05) is 69.3 Å². The number of likely N-dealkylation sites (tertiary alicyclic amines) is 1. The number of aromatic nitrogens is 5. The smallest absolute Gasteiger partial charge is 0.379 e. The van der Waals surface area contributed by atoms with Crippen LogP contribution in [0.2, 0.25) is 0 Å². The number of ether oxygens (including phenoxy) is 2. The average Bonchev–Trinajstić information content (AvgIpc) is 3.90. The molecule has 3 aromatic heterocycles. The van der Waals surface area contributed by atoms with Gasteiger partial charge in [-0.25, -0.2) is 4.79 Å². The Hall–Kier alpha value is -5.81. The minimum absolute atomic E-state index is 0.0342. The number of fused-ring (bicyclic) bond motifs is 1. The second-order valence-corrected chi connectivity index (χ2v) is 19.1. The van der Waals surface area contributed by atoms with Gasteiger partial charge in [-0.15, -0.1) is 10.2 Å². The van der Waals surface area contributed by atoms with E-state index >= 15 is 0 Å². The maximum Gasteiger partial charge on any atom is 0.418 e. The lowest BCUT2D eigenvalue weighted by atomic mass is 9.75. The van der Waals surface area contributed by atoms with E-state index in [1.807, 2.05) is 35.9 Å². The highest BCUT2D eigenvalue weighted by Crippen LogP contribution is 2.37. The number of aryl methyl sites for hydroxylation is 1. The number of hydrogen-bond donors (Lipinski definition) is 0. The van der Waals surface area contributed by atoms with Gasteiger partial charge in [0, 0.05) is 107 Å². The number of piperazine rings is 1. The van der Waals surface area contributed by atoms with Crippen molar-refractivity contribution in [3.8, 4) is 5.69 Å². The van der Waals surface area contributed by atoms with Crippen LogP contribution in [0.5, 0.6) is 0 Å². The molecule has 13 nitrogen and oxygen atoms in total. The Morgan fingerprint density at radius 2 is 1.63 bits per heavy atom. The molecule has 360 valence electrons. The molecule has 68 heavy (non-hydrogen) atoms. The summed E-state index contributed by atoms with van der Waals surface area (Å²) in [5.74, 6) is 0.791. The molecule has 6 aromatic rings. The summed E-state index contributed by atoms with van der Waals surface area (Å²) in [7, 11) is 4.01. The number of alkyl halides is 3. The number of aldehydes is 1. The summed E-state index contributed by atoms with van der Waals surface area (Å²) < 4.78 is 60.3.